The zero-order valence-electron chi connectivity index (χ0n) is 16.8. The van der Waals surface area contributed by atoms with Gasteiger partial charge in [0.2, 0.25) is 15.9 Å². The molecule has 1 fully saturated rings. The van der Waals surface area contributed by atoms with Gasteiger partial charge in [-0.15, -0.1) is 0 Å². The topological polar surface area (TPSA) is 66.5 Å². The van der Waals surface area contributed by atoms with Crippen molar-refractivity contribution in [1.82, 2.24) is 9.62 Å². The number of rotatable bonds is 6. The molecule has 29 heavy (non-hydrogen) atoms. The van der Waals surface area contributed by atoms with Crippen molar-refractivity contribution in [3.05, 3.63) is 65.5 Å². The van der Waals surface area contributed by atoms with Gasteiger partial charge in [0.15, 0.2) is 0 Å². The van der Waals surface area contributed by atoms with Crippen LogP contribution in [0.5, 0.6) is 0 Å². The third-order valence-corrected chi connectivity index (χ3v) is 7.37. The molecule has 0 bridgehead atoms. The van der Waals surface area contributed by atoms with Gasteiger partial charge in [0.1, 0.15) is 5.82 Å². The van der Waals surface area contributed by atoms with Crippen molar-refractivity contribution >= 4 is 15.9 Å². The maximum absolute atomic E-state index is 13.1. The zero-order chi connectivity index (χ0) is 21.0. The van der Waals surface area contributed by atoms with E-state index in [2.05, 4.69) is 5.32 Å². The Hall–Kier alpha value is -2.25. The first-order valence-corrected chi connectivity index (χ1v) is 11.4. The van der Waals surface area contributed by atoms with Crippen molar-refractivity contribution in [2.24, 2.45) is 5.92 Å². The number of carbonyl (C=O) groups is 1. The van der Waals surface area contributed by atoms with Gasteiger partial charge in [0.05, 0.1) is 16.9 Å². The van der Waals surface area contributed by atoms with Gasteiger partial charge >= 0.3 is 0 Å². The van der Waals surface area contributed by atoms with E-state index in [4.69, 9.17) is 0 Å². The number of piperidine rings is 1. The molecule has 0 unspecified atom stereocenters. The molecule has 2 aromatic rings. The number of halogens is 1. The highest BCUT2D eigenvalue weighted by molar-refractivity contribution is 7.89. The number of nitrogens with one attached hydrogen (secondary N) is 1. The van der Waals surface area contributed by atoms with E-state index >= 15 is 0 Å². The summed E-state index contributed by atoms with van der Waals surface area (Å²) in [6, 6.07) is 12.6. The fraction of sp³-hybridized carbons (Fsp3) is 0.409. The molecule has 3 rings (SSSR count). The van der Waals surface area contributed by atoms with Crippen LogP contribution in [0.2, 0.25) is 0 Å². The number of aryl methyl sites for hydroxylation is 1. The number of benzene rings is 2. The van der Waals surface area contributed by atoms with Crippen LogP contribution >= 0.6 is 0 Å². The second-order valence-corrected chi connectivity index (χ2v) is 9.42. The van der Waals surface area contributed by atoms with Gasteiger partial charge in [-0.25, -0.2) is 12.8 Å². The summed E-state index contributed by atoms with van der Waals surface area (Å²) in [4.78, 5) is 13.0. The zero-order valence-corrected chi connectivity index (χ0v) is 17.6. The lowest BCUT2D eigenvalue weighted by molar-refractivity contribution is -0.126. The molecule has 0 aromatic heterocycles. The Morgan fingerprint density at radius 3 is 2.55 bits per heavy atom. The minimum atomic E-state index is -3.75. The summed E-state index contributed by atoms with van der Waals surface area (Å²) >= 11 is 0. The molecule has 1 saturated heterocycles. The average Bonchev–Trinajstić information content (AvgIpc) is 2.73. The molecule has 2 aromatic carbocycles. The number of amides is 1. The monoisotopic (exact) mass is 418 g/mol. The molecular formula is C22H27FN2O3S. The molecule has 2 atom stereocenters. The molecule has 5 nitrogen and oxygen atoms in total. The second kappa shape index (κ2) is 9.05. The van der Waals surface area contributed by atoms with Crippen LogP contribution < -0.4 is 5.32 Å². The minimum Gasteiger partial charge on any atom is -0.349 e. The summed E-state index contributed by atoms with van der Waals surface area (Å²) < 4.78 is 40.2. The SMILES string of the molecule is CC[C@@H](NC(=O)[C@H]1CCCN(S(=O)(=O)c2ccc(F)cc2)C1)c1ccccc1C. The predicted octanol–water partition coefficient (Wildman–Crippen LogP) is 3.80. The van der Waals surface area contributed by atoms with Crippen LogP contribution in [0.25, 0.3) is 0 Å². The summed E-state index contributed by atoms with van der Waals surface area (Å²) in [5.74, 6) is -1.02. The van der Waals surface area contributed by atoms with Crippen LogP contribution in [-0.4, -0.2) is 31.7 Å². The molecule has 1 aliphatic rings. The average molecular weight is 419 g/mol. The summed E-state index contributed by atoms with van der Waals surface area (Å²) in [6.45, 7) is 4.53. The maximum atomic E-state index is 13.1. The van der Waals surface area contributed by atoms with Crippen molar-refractivity contribution in [3.8, 4) is 0 Å². The minimum absolute atomic E-state index is 0.0475. The lowest BCUT2D eigenvalue weighted by Crippen LogP contribution is -2.46. The van der Waals surface area contributed by atoms with E-state index in [-0.39, 0.29) is 23.4 Å². The van der Waals surface area contributed by atoms with Crippen molar-refractivity contribution in [2.75, 3.05) is 13.1 Å². The number of hydrogen-bond donors (Lipinski definition) is 1. The van der Waals surface area contributed by atoms with Crippen LogP contribution in [0, 0.1) is 18.7 Å². The van der Waals surface area contributed by atoms with Crippen LogP contribution in [0.3, 0.4) is 0 Å². The highest BCUT2D eigenvalue weighted by Crippen LogP contribution is 2.26. The lowest BCUT2D eigenvalue weighted by atomic mass is 9.95. The first kappa shape index (κ1) is 21.5. The first-order valence-electron chi connectivity index (χ1n) is 9.94. The van der Waals surface area contributed by atoms with Gasteiger partial charge in [0, 0.05) is 13.1 Å². The first-order chi connectivity index (χ1) is 13.8. The third kappa shape index (κ3) is 4.85. The van der Waals surface area contributed by atoms with Crippen molar-refractivity contribution in [2.45, 2.75) is 44.0 Å². The molecule has 1 aliphatic heterocycles. The van der Waals surface area contributed by atoms with Gasteiger partial charge in [-0.3, -0.25) is 4.79 Å². The standard InChI is InChI=1S/C22H27FN2O3S/c1-3-21(20-9-5-4-7-16(20)2)24-22(26)17-8-6-14-25(15-17)29(27,28)19-12-10-18(23)11-13-19/h4-5,7,9-13,17,21H,3,6,8,14-15H2,1-2H3,(H,24,26)/t17-,21+/m0/s1. The smallest absolute Gasteiger partial charge is 0.243 e. The molecular weight excluding hydrogens is 391 g/mol. The van der Waals surface area contributed by atoms with Crippen molar-refractivity contribution < 1.29 is 17.6 Å². The molecule has 0 spiro atoms. The second-order valence-electron chi connectivity index (χ2n) is 7.48. The highest BCUT2D eigenvalue weighted by atomic mass is 32.2. The summed E-state index contributed by atoms with van der Waals surface area (Å²) in [5.41, 5.74) is 2.19. The van der Waals surface area contributed by atoms with Gasteiger partial charge in [-0.1, -0.05) is 31.2 Å². The van der Waals surface area contributed by atoms with Gasteiger partial charge < -0.3 is 5.32 Å². The van der Waals surface area contributed by atoms with Crippen molar-refractivity contribution in [1.29, 1.82) is 0 Å². The maximum Gasteiger partial charge on any atom is 0.243 e. The van der Waals surface area contributed by atoms with E-state index in [9.17, 15) is 17.6 Å². The van der Waals surface area contributed by atoms with Gasteiger partial charge in [0.25, 0.3) is 0 Å². The fourth-order valence-electron chi connectivity index (χ4n) is 3.80. The number of hydrogen-bond acceptors (Lipinski definition) is 3. The van der Waals surface area contributed by atoms with Crippen LogP contribution in [-0.2, 0) is 14.8 Å². The Bertz CT molecular complexity index is 960. The molecule has 1 amide bonds. The predicted molar refractivity (Wildman–Crippen MR) is 110 cm³/mol. The molecule has 0 saturated carbocycles. The number of sulfonamides is 1. The Balaban J connectivity index is 1.72. The largest absolute Gasteiger partial charge is 0.349 e. The summed E-state index contributed by atoms with van der Waals surface area (Å²) in [5, 5.41) is 3.10. The van der Waals surface area contributed by atoms with Crippen molar-refractivity contribution in [3.63, 3.8) is 0 Å². The normalized spacial score (nSPS) is 18.9. The Kier molecular flexibility index (Phi) is 6.70. The van der Waals surface area contributed by atoms with E-state index in [0.717, 1.165) is 29.7 Å². The molecule has 156 valence electrons. The molecule has 0 aliphatic carbocycles. The Morgan fingerprint density at radius 1 is 1.21 bits per heavy atom. The van der Waals surface area contributed by atoms with E-state index in [1.807, 2.05) is 38.1 Å². The Labute approximate surface area is 172 Å². The lowest BCUT2D eigenvalue weighted by Gasteiger charge is -2.32. The fourth-order valence-corrected chi connectivity index (χ4v) is 5.32. The molecule has 1 heterocycles. The summed E-state index contributed by atoms with van der Waals surface area (Å²) in [6.07, 6.45) is 2.01. The van der Waals surface area contributed by atoms with Crippen LogP contribution in [0.4, 0.5) is 4.39 Å². The molecule has 0 radical (unpaired) electrons. The highest BCUT2D eigenvalue weighted by Gasteiger charge is 2.34. The molecule has 1 N–H and O–H groups in total. The van der Waals surface area contributed by atoms with Gasteiger partial charge in [-0.05, 0) is 61.6 Å². The van der Waals surface area contributed by atoms with E-state index in [1.165, 1.54) is 16.4 Å². The van der Waals surface area contributed by atoms with Gasteiger partial charge in [-0.2, -0.15) is 4.31 Å². The van der Waals surface area contributed by atoms with Crippen LogP contribution in [0.1, 0.15) is 43.4 Å². The summed E-state index contributed by atoms with van der Waals surface area (Å²) in [7, 11) is -3.75. The van der Waals surface area contributed by atoms with E-state index in [1.54, 1.807) is 0 Å². The van der Waals surface area contributed by atoms with Crippen LogP contribution in [0.15, 0.2) is 53.4 Å². The van der Waals surface area contributed by atoms with E-state index in [0.29, 0.717) is 19.4 Å². The molecule has 7 heteroatoms. The quantitative estimate of drug-likeness (QED) is 0.776. The number of carbonyl (C=O) groups excluding carboxylic acids is 1. The third-order valence-electron chi connectivity index (χ3n) is 5.49. The van der Waals surface area contributed by atoms with E-state index < -0.39 is 21.8 Å². The number of nitrogens with zero attached hydrogens (tertiary/aromatic N) is 1. The Morgan fingerprint density at radius 2 is 1.90 bits per heavy atom.